The van der Waals surface area contributed by atoms with Crippen LogP contribution in [0.4, 0.5) is 5.13 Å². The fourth-order valence-corrected chi connectivity index (χ4v) is 5.84. The highest BCUT2D eigenvalue weighted by Crippen LogP contribution is 2.38. The summed E-state index contributed by atoms with van der Waals surface area (Å²) in [6.45, 7) is 3.89. The second-order valence-electron chi connectivity index (χ2n) is 8.21. The molecule has 1 aromatic heterocycles. The molecule has 4 rings (SSSR count). The number of hydrogen-bond donors (Lipinski definition) is 0. The first-order valence-electron chi connectivity index (χ1n) is 10.1. The van der Waals surface area contributed by atoms with Crippen LogP contribution < -0.4 is 4.90 Å². The van der Waals surface area contributed by atoms with Crippen LogP contribution in [0.1, 0.15) is 65.2 Å². The number of carbonyl (C=O) groups is 2. The van der Waals surface area contributed by atoms with E-state index in [2.05, 4.69) is 22.0 Å². The number of thioether (sulfide) groups is 1. The topological polar surface area (TPSA) is 66.4 Å². The summed E-state index contributed by atoms with van der Waals surface area (Å²) in [5.74, 6) is 1.47. The fourth-order valence-electron chi connectivity index (χ4n) is 4.02. The van der Waals surface area contributed by atoms with Gasteiger partial charge in [0, 0.05) is 25.0 Å². The minimum Gasteiger partial charge on any atom is -0.336 e. The zero-order valence-corrected chi connectivity index (χ0v) is 17.7. The molecule has 27 heavy (non-hydrogen) atoms. The Kier molecular flexibility index (Phi) is 5.73. The summed E-state index contributed by atoms with van der Waals surface area (Å²) in [5, 5.41) is 9.07. The van der Waals surface area contributed by atoms with Crippen LogP contribution in [0, 0.1) is 5.92 Å². The van der Waals surface area contributed by atoms with Crippen LogP contribution >= 0.6 is 23.1 Å². The SMILES string of the molecule is CC(=O)N(c1nnc(SCC(=O)N(C2CCC(C)CC2)C2CC2)s1)C1CC1. The Balaban J connectivity index is 1.35. The molecule has 0 bridgehead atoms. The number of amides is 2. The van der Waals surface area contributed by atoms with Crippen molar-refractivity contribution in [3.63, 3.8) is 0 Å². The summed E-state index contributed by atoms with van der Waals surface area (Å²) in [6.07, 6.45) is 9.14. The van der Waals surface area contributed by atoms with E-state index in [-0.39, 0.29) is 17.9 Å². The van der Waals surface area contributed by atoms with Crippen LogP contribution in [0.15, 0.2) is 4.34 Å². The van der Waals surface area contributed by atoms with Crippen molar-refractivity contribution in [1.29, 1.82) is 0 Å². The van der Waals surface area contributed by atoms with E-state index in [4.69, 9.17) is 0 Å². The van der Waals surface area contributed by atoms with Crippen molar-refractivity contribution in [2.24, 2.45) is 5.92 Å². The molecule has 3 saturated carbocycles. The van der Waals surface area contributed by atoms with Crippen molar-refractivity contribution in [2.45, 2.75) is 87.7 Å². The van der Waals surface area contributed by atoms with Crippen LogP contribution in [-0.4, -0.2) is 50.8 Å². The molecule has 3 aliphatic rings. The van der Waals surface area contributed by atoms with Crippen molar-refractivity contribution < 1.29 is 9.59 Å². The summed E-state index contributed by atoms with van der Waals surface area (Å²) < 4.78 is 0.776. The number of anilines is 1. The predicted octanol–water partition coefficient (Wildman–Crippen LogP) is 3.72. The van der Waals surface area contributed by atoms with Crippen molar-refractivity contribution in [3.8, 4) is 0 Å². The van der Waals surface area contributed by atoms with E-state index in [1.807, 2.05) is 0 Å². The van der Waals surface area contributed by atoms with Gasteiger partial charge >= 0.3 is 0 Å². The van der Waals surface area contributed by atoms with Gasteiger partial charge in [0.15, 0.2) is 4.34 Å². The maximum absolute atomic E-state index is 12.9. The van der Waals surface area contributed by atoms with Gasteiger partial charge in [-0.25, -0.2) is 0 Å². The predicted molar refractivity (Wildman–Crippen MR) is 108 cm³/mol. The average Bonchev–Trinajstić information content (AvgIpc) is 3.56. The van der Waals surface area contributed by atoms with Gasteiger partial charge in [0.2, 0.25) is 16.9 Å². The van der Waals surface area contributed by atoms with Gasteiger partial charge in [-0.15, -0.1) is 10.2 Å². The van der Waals surface area contributed by atoms with E-state index in [1.165, 1.54) is 35.9 Å². The molecule has 3 aliphatic carbocycles. The summed E-state index contributed by atoms with van der Waals surface area (Å²) in [4.78, 5) is 28.8. The molecule has 1 heterocycles. The Morgan fingerprint density at radius 2 is 1.59 bits per heavy atom. The van der Waals surface area contributed by atoms with Gasteiger partial charge in [0.05, 0.1) is 5.75 Å². The molecule has 1 aromatic rings. The van der Waals surface area contributed by atoms with Gasteiger partial charge in [0.25, 0.3) is 0 Å². The highest BCUT2D eigenvalue weighted by molar-refractivity contribution is 8.01. The summed E-state index contributed by atoms with van der Waals surface area (Å²) in [5.41, 5.74) is 0. The van der Waals surface area contributed by atoms with Crippen LogP contribution in [0.2, 0.25) is 0 Å². The zero-order chi connectivity index (χ0) is 19.0. The van der Waals surface area contributed by atoms with E-state index in [0.29, 0.717) is 23.0 Å². The largest absolute Gasteiger partial charge is 0.336 e. The quantitative estimate of drug-likeness (QED) is 0.508. The average molecular weight is 409 g/mol. The number of rotatable bonds is 7. The molecule has 0 atom stereocenters. The van der Waals surface area contributed by atoms with Gasteiger partial charge in [-0.3, -0.25) is 14.5 Å². The number of nitrogens with zero attached hydrogens (tertiary/aromatic N) is 4. The van der Waals surface area contributed by atoms with E-state index >= 15 is 0 Å². The standard InChI is InChI=1S/C19H28N4O2S2/c1-12-3-5-15(6-4-12)23(16-9-10-16)17(25)11-26-19-21-20-18(27-19)22(13(2)24)14-7-8-14/h12,14-16H,3-11H2,1-2H3. The van der Waals surface area contributed by atoms with Gasteiger partial charge in [-0.1, -0.05) is 30.0 Å². The highest BCUT2D eigenvalue weighted by Gasteiger charge is 2.38. The third kappa shape index (κ3) is 4.65. The number of hydrogen-bond acceptors (Lipinski definition) is 6. The van der Waals surface area contributed by atoms with Crippen molar-refractivity contribution in [3.05, 3.63) is 0 Å². The fraction of sp³-hybridized carbons (Fsp3) is 0.789. The minimum atomic E-state index is 0.0210. The maximum Gasteiger partial charge on any atom is 0.233 e. The minimum absolute atomic E-state index is 0.0210. The number of carbonyl (C=O) groups excluding carboxylic acids is 2. The lowest BCUT2D eigenvalue weighted by Gasteiger charge is -2.36. The molecular formula is C19H28N4O2S2. The lowest BCUT2D eigenvalue weighted by atomic mass is 9.86. The first kappa shape index (κ1) is 19.2. The van der Waals surface area contributed by atoms with Gasteiger partial charge in [-0.2, -0.15) is 0 Å². The summed E-state index contributed by atoms with van der Waals surface area (Å²) in [7, 11) is 0. The molecule has 0 saturated heterocycles. The smallest absolute Gasteiger partial charge is 0.233 e. The van der Waals surface area contributed by atoms with Crippen molar-refractivity contribution >= 4 is 40.0 Å². The van der Waals surface area contributed by atoms with E-state index in [1.54, 1.807) is 11.8 Å². The maximum atomic E-state index is 12.9. The molecule has 3 fully saturated rings. The third-order valence-corrected chi connectivity index (χ3v) is 7.82. The second-order valence-corrected chi connectivity index (χ2v) is 10.4. The molecule has 0 radical (unpaired) electrons. The van der Waals surface area contributed by atoms with Crippen LogP contribution in [0.5, 0.6) is 0 Å². The molecule has 6 nitrogen and oxygen atoms in total. The van der Waals surface area contributed by atoms with Crippen molar-refractivity contribution in [1.82, 2.24) is 15.1 Å². The first-order valence-corrected chi connectivity index (χ1v) is 11.9. The van der Waals surface area contributed by atoms with Crippen molar-refractivity contribution in [2.75, 3.05) is 10.7 Å². The summed E-state index contributed by atoms with van der Waals surface area (Å²) in [6, 6.07) is 1.17. The zero-order valence-electron chi connectivity index (χ0n) is 16.1. The van der Waals surface area contributed by atoms with Gasteiger partial charge < -0.3 is 4.90 Å². The normalized spacial score (nSPS) is 25.3. The van der Waals surface area contributed by atoms with E-state index in [9.17, 15) is 9.59 Å². The lowest BCUT2D eigenvalue weighted by molar-refractivity contribution is -0.132. The Labute approximate surface area is 169 Å². The molecule has 0 spiro atoms. The number of aromatic nitrogens is 2. The molecular weight excluding hydrogens is 380 g/mol. The Morgan fingerprint density at radius 3 is 2.15 bits per heavy atom. The molecule has 8 heteroatoms. The third-order valence-electron chi connectivity index (χ3n) is 5.78. The van der Waals surface area contributed by atoms with E-state index < -0.39 is 0 Å². The Morgan fingerprint density at radius 1 is 1.00 bits per heavy atom. The molecule has 2 amide bonds. The molecule has 0 aromatic carbocycles. The monoisotopic (exact) mass is 408 g/mol. The van der Waals surface area contributed by atoms with E-state index in [0.717, 1.165) is 48.8 Å². The Bertz CT molecular complexity index is 694. The van der Waals surface area contributed by atoms with Crippen LogP contribution in [0.25, 0.3) is 0 Å². The highest BCUT2D eigenvalue weighted by atomic mass is 32.2. The first-order chi connectivity index (χ1) is 13.0. The van der Waals surface area contributed by atoms with Gasteiger partial charge in [-0.05, 0) is 57.3 Å². The van der Waals surface area contributed by atoms with Gasteiger partial charge in [0.1, 0.15) is 0 Å². The van der Waals surface area contributed by atoms with Crippen LogP contribution in [0.3, 0.4) is 0 Å². The Hall–Kier alpha value is -1.15. The summed E-state index contributed by atoms with van der Waals surface area (Å²) >= 11 is 2.89. The molecule has 148 valence electrons. The molecule has 0 aliphatic heterocycles. The second kappa shape index (κ2) is 8.07. The van der Waals surface area contributed by atoms with Crippen LogP contribution in [-0.2, 0) is 9.59 Å². The lowest BCUT2D eigenvalue weighted by Crippen LogP contribution is -2.44. The molecule has 0 N–H and O–H groups in total. The molecule has 0 unspecified atom stereocenters.